The van der Waals surface area contributed by atoms with E-state index in [0.717, 1.165) is 0 Å². The minimum atomic E-state index is 0.167. The summed E-state index contributed by atoms with van der Waals surface area (Å²) in [5.41, 5.74) is 3.29. The number of rotatable bonds is 3. The molecule has 0 aliphatic rings. The van der Waals surface area contributed by atoms with E-state index >= 15 is 0 Å². The molecule has 0 bridgehead atoms. The molecular weight excluding hydrogens is 240 g/mol. The first-order valence-corrected chi connectivity index (χ1v) is 5.20. The van der Waals surface area contributed by atoms with Crippen LogP contribution in [-0.2, 0) is 0 Å². The zero-order valence-corrected chi connectivity index (χ0v) is 9.46. The maximum absolute atomic E-state index is 9.48. The average molecular weight is 249 g/mol. The number of hydrogen-bond donors (Lipinski definition) is 2. The molecule has 86 valence electrons. The van der Waals surface area contributed by atoms with E-state index in [1.165, 1.54) is 6.21 Å². The number of aromatic nitrogens is 2. The molecule has 2 aromatic rings. The Balaban J connectivity index is 2.03. The number of para-hydroxylation sites is 1. The van der Waals surface area contributed by atoms with Crippen LogP contribution < -0.4 is 5.43 Å². The van der Waals surface area contributed by atoms with E-state index in [4.69, 9.17) is 11.6 Å². The second kappa shape index (κ2) is 5.27. The number of anilines is 1. The third-order valence-corrected chi connectivity index (χ3v) is 2.15. The van der Waals surface area contributed by atoms with Gasteiger partial charge >= 0.3 is 0 Å². The molecule has 5 nitrogen and oxygen atoms in total. The van der Waals surface area contributed by atoms with Gasteiger partial charge in [0.2, 0.25) is 0 Å². The van der Waals surface area contributed by atoms with Crippen molar-refractivity contribution in [3.8, 4) is 5.75 Å². The number of nitrogens with one attached hydrogen (secondary N) is 1. The molecule has 0 aliphatic carbocycles. The van der Waals surface area contributed by atoms with E-state index in [0.29, 0.717) is 16.5 Å². The molecule has 2 rings (SSSR count). The van der Waals surface area contributed by atoms with Crippen LogP contribution in [0.5, 0.6) is 5.75 Å². The number of phenols is 1. The Morgan fingerprint density at radius 2 is 2.00 bits per heavy atom. The molecule has 0 saturated carbocycles. The number of hydrogen-bond acceptors (Lipinski definition) is 5. The number of nitrogens with zero attached hydrogens (tertiary/aromatic N) is 3. The van der Waals surface area contributed by atoms with Crippen molar-refractivity contribution in [2.24, 2.45) is 5.10 Å². The fourth-order valence-corrected chi connectivity index (χ4v) is 1.24. The fourth-order valence-electron chi connectivity index (χ4n) is 1.14. The SMILES string of the molecule is Oc1ccccc1C=NNc1ccc(Cl)nn1. The third-order valence-electron chi connectivity index (χ3n) is 1.95. The van der Waals surface area contributed by atoms with Gasteiger partial charge in [0, 0.05) is 5.56 Å². The van der Waals surface area contributed by atoms with Crippen LogP contribution in [0.1, 0.15) is 5.56 Å². The Bertz CT molecular complexity index is 527. The molecule has 0 fully saturated rings. The van der Waals surface area contributed by atoms with Gasteiger partial charge in [0.05, 0.1) is 6.21 Å². The van der Waals surface area contributed by atoms with Crippen LogP contribution >= 0.6 is 11.6 Å². The maximum atomic E-state index is 9.48. The third kappa shape index (κ3) is 3.15. The van der Waals surface area contributed by atoms with Gasteiger partial charge in [-0.1, -0.05) is 23.7 Å². The predicted octanol–water partition coefficient (Wildman–Crippen LogP) is 2.28. The Kier molecular flexibility index (Phi) is 3.52. The van der Waals surface area contributed by atoms with Crippen LogP contribution in [-0.4, -0.2) is 21.5 Å². The Morgan fingerprint density at radius 1 is 1.18 bits per heavy atom. The first-order chi connectivity index (χ1) is 8.25. The lowest BCUT2D eigenvalue weighted by Gasteiger charge is -1.98. The zero-order valence-electron chi connectivity index (χ0n) is 8.71. The van der Waals surface area contributed by atoms with Gasteiger partial charge in [0.1, 0.15) is 5.75 Å². The first-order valence-electron chi connectivity index (χ1n) is 4.82. The molecule has 6 heteroatoms. The first kappa shape index (κ1) is 11.3. The van der Waals surface area contributed by atoms with Crippen molar-refractivity contribution in [1.82, 2.24) is 10.2 Å². The van der Waals surface area contributed by atoms with Crippen LogP contribution in [0, 0.1) is 0 Å². The zero-order chi connectivity index (χ0) is 12.1. The van der Waals surface area contributed by atoms with Crippen molar-refractivity contribution in [1.29, 1.82) is 0 Å². The molecule has 0 radical (unpaired) electrons. The highest BCUT2D eigenvalue weighted by molar-refractivity contribution is 6.29. The molecular formula is C11H9ClN4O. The highest BCUT2D eigenvalue weighted by Gasteiger charge is 1.95. The molecule has 0 saturated heterocycles. The van der Waals surface area contributed by atoms with Crippen LogP contribution in [0.25, 0.3) is 0 Å². The Morgan fingerprint density at radius 3 is 2.71 bits per heavy atom. The summed E-state index contributed by atoms with van der Waals surface area (Å²) in [6.07, 6.45) is 1.49. The predicted molar refractivity (Wildman–Crippen MR) is 66.4 cm³/mol. The van der Waals surface area contributed by atoms with Crippen molar-refractivity contribution < 1.29 is 5.11 Å². The molecule has 1 aromatic heterocycles. The molecule has 0 amide bonds. The number of aromatic hydroxyl groups is 1. The lowest BCUT2D eigenvalue weighted by molar-refractivity contribution is 0.474. The minimum Gasteiger partial charge on any atom is -0.507 e. The summed E-state index contributed by atoms with van der Waals surface area (Å²) in [7, 11) is 0. The summed E-state index contributed by atoms with van der Waals surface area (Å²) in [6, 6.07) is 10.1. The van der Waals surface area contributed by atoms with E-state index in [1.807, 2.05) is 6.07 Å². The summed E-state index contributed by atoms with van der Waals surface area (Å²) < 4.78 is 0. The molecule has 2 N–H and O–H groups in total. The van der Waals surface area contributed by atoms with Gasteiger partial charge in [0.25, 0.3) is 0 Å². The van der Waals surface area contributed by atoms with Crippen LogP contribution in [0.3, 0.4) is 0 Å². The Labute approximate surface area is 103 Å². The minimum absolute atomic E-state index is 0.167. The smallest absolute Gasteiger partial charge is 0.168 e. The van der Waals surface area contributed by atoms with Crippen LogP contribution in [0.15, 0.2) is 41.5 Å². The average Bonchev–Trinajstić information content (AvgIpc) is 2.34. The normalized spacial score (nSPS) is 10.6. The van der Waals surface area contributed by atoms with E-state index in [9.17, 15) is 5.11 Å². The summed E-state index contributed by atoms with van der Waals surface area (Å²) in [4.78, 5) is 0. The van der Waals surface area contributed by atoms with Crippen molar-refractivity contribution in [3.05, 3.63) is 47.1 Å². The van der Waals surface area contributed by atoms with Gasteiger partial charge in [-0.3, -0.25) is 5.43 Å². The molecule has 1 aromatic carbocycles. The highest BCUT2D eigenvalue weighted by Crippen LogP contribution is 2.13. The van der Waals surface area contributed by atoms with Gasteiger partial charge < -0.3 is 5.11 Å². The van der Waals surface area contributed by atoms with E-state index in [-0.39, 0.29) is 5.75 Å². The monoisotopic (exact) mass is 248 g/mol. The van der Waals surface area contributed by atoms with Crippen LogP contribution in [0.2, 0.25) is 5.15 Å². The number of hydrazone groups is 1. The summed E-state index contributed by atoms with van der Waals surface area (Å²) in [5.74, 6) is 0.640. The molecule has 0 unspecified atom stereocenters. The van der Waals surface area contributed by atoms with Gasteiger partial charge in [0.15, 0.2) is 11.0 Å². The summed E-state index contributed by atoms with van der Waals surface area (Å²) in [5, 5.41) is 21.1. The quantitative estimate of drug-likeness (QED) is 0.646. The highest BCUT2D eigenvalue weighted by atomic mass is 35.5. The van der Waals surface area contributed by atoms with Gasteiger partial charge in [-0.15, -0.1) is 10.2 Å². The lowest BCUT2D eigenvalue weighted by atomic mass is 10.2. The van der Waals surface area contributed by atoms with Gasteiger partial charge in [-0.25, -0.2) is 0 Å². The maximum Gasteiger partial charge on any atom is 0.168 e. The molecule has 0 atom stereocenters. The van der Waals surface area contributed by atoms with Crippen molar-refractivity contribution in [3.63, 3.8) is 0 Å². The topological polar surface area (TPSA) is 70.4 Å². The molecule has 0 aliphatic heterocycles. The number of phenolic OH excluding ortho intramolecular Hbond substituents is 1. The Hall–Kier alpha value is -2.14. The van der Waals surface area contributed by atoms with Crippen molar-refractivity contribution >= 4 is 23.6 Å². The second-order valence-corrected chi connectivity index (χ2v) is 3.56. The van der Waals surface area contributed by atoms with E-state index in [2.05, 4.69) is 20.7 Å². The van der Waals surface area contributed by atoms with Gasteiger partial charge in [-0.2, -0.15) is 5.10 Å². The van der Waals surface area contributed by atoms with Crippen LogP contribution in [0.4, 0.5) is 5.82 Å². The van der Waals surface area contributed by atoms with E-state index in [1.54, 1.807) is 30.3 Å². The fraction of sp³-hybridized carbons (Fsp3) is 0. The molecule has 17 heavy (non-hydrogen) atoms. The summed E-state index contributed by atoms with van der Waals surface area (Å²) in [6.45, 7) is 0. The molecule has 0 spiro atoms. The van der Waals surface area contributed by atoms with Crippen molar-refractivity contribution in [2.45, 2.75) is 0 Å². The largest absolute Gasteiger partial charge is 0.507 e. The van der Waals surface area contributed by atoms with Gasteiger partial charge in [-0.05, 0) is 24.3 Å². The lowest BCUT2D eigenvalue weighted by Crippen LogP contribution is -1.95. The standard InChI is InChI=1S/C11H9ClN4O/c12-10-5-6-11(16-14-10)15-13-7-8-3-1-2-4-9(8)17/h1-7,17H,(H,15,16). The summed E-state index contributed by atoms with van der Waals surface area (Å²) >= 11 is 5.59. The number of halogens is 1. The van der Waals surface area contributed by atoms with E-state index < -0.39 is 0 Å². The molecule has 1 heterocycles. The van der Waals surface area contributed by atoms with Crippen molar-refractivity contribution in [2.75, 3.05) is 5.43 Å². The second-order valence-electron chi connectivity index (χ2n) is 3.17. The number of benzene rings is 1.